The normalized spacial score (nSPS) is 11.5. The van der Waals surface area contributed by atoms with E-state index in [4.69, 9.17) is 0 Å². The summed E-state index contributed by atoms with van der Waals surface area (Å²) in [6.07, 6.45) is 1.49. The van der Waals surface area contributed by atoms with Crippen molar-refractivity contribution >= 4 is 39.8 Å². The molecule has 0 spiro atoms. The van der Waals surface area contributed by atoms with Gasteiger partial charge in [0, 0.05) is 26.2 Å². The van der Waals surface area contributed by atoms with Crippen LogP contribution < -0.4 is 16.7 Å². The highest BCUT2D eigenvalue weighted by molar-refractivity contribution is 5.86. The maximum Gasteiger partial charge on any atom is 0.332 e. The zero-order valence-corrected chi connectivity index (χ0v) is 19.5. The van der Waals surface area contributed by atoms with E-state index in [-0.39, 0.29) is 22.8 Å². The van der Waals surface area contributed by atoms with Gasteiger partial charge in [-0.15, -0.1) is 0 Å². The summed E-state index contributed by atoms with van der Waals surface area (Å²) in [5.74, 6) is 0.273. The van der Waals surface area contributed by atoms with Gasteiger partial charge in [0.25, 0.3) is 11.2 Å². The number of hydrazone groups is 1. The number of imidazole rings is 1. The van der Waals surface area contributed by atoms with Crippen LogP contribution in [0.25, 0.3) is 21.9 Å². The fraction of sp³-hybridized carbons (Fsp3) is 0.120. The molecule has 0 amide bonds. The summed E-state index contributed by atoms with van der Waals surface area (Å²) < 4.78 is 4.07. The molecule has 0 aliphatic rings. The predicted octanol–water partition coefficient (Wildman–Crippen LogP) is 2.99. The lowest BCUT2D eigenvalue weighted by atomic mass is 10.0. The molecule has 0 fully saturated rings. The number of aryl methyl sites for hydroxylation is 1. The topological polar surface area (TPSA) is 129 Å². The van der Waals surface area contributed by atoms with Crippen molar-refractivity contribution in [1.29, 1.82) is 0 Å². The number of fused-ring (bicyclic) bond motifs is 2. The van der Waals surface area contributed by atoms with Crippen molar-refractivity contribution in [2.24, 2.45) is 19.2 Å². The molecule has 3 aromatic carbocycles. The highest BCUT2D eigenvalue weighted by Crippen LogP contribution is 2.23. The summed E-state index contributed by atoms with van der Waals surface area (Å²) in [7, 11) is 2.99. The molecule has 0 atom stereocenters. The van der Waals surface area contributed by atoms with Crippen LogP contribution >= 0.6 is 0 Å². The molecule has 0 saturated heterocycles. The van der Waals surface area contributed by atoms with Crippen LogP contribution in [0.4, 0.5) is 11.6 Å². The summed E-state index contributed by atoms with van der Waals surface area (Å²) in [6.45, 7) is 0.306. The van der Waals surface area contributed by atoms with E-state index in [9.17, 15) is 19.7 Å². The molecule has 11 heteroatoms. The Bertz CT molecular complexity index is 1770. The molecular weight excluding hydrogens is 462 g/mol. The Morgan fingerprint density at radius 3 is 2.47 bits per heavy atom. The zero-order valence-electron chi connectivity index (χ0n) is 19.5. The quantitative estimate of drug-likeness (QED) is 0.225. The first-order chi connectivity index (χ1) is 17.3. The molecule has 36 heavy (non-hydrogen) atoms. The summed E-state index contributed by atoms with van der Waals surface area (Å²) in [5.41, 5.74) is 4.00. The highest BCUT2D eigenvalue weighted by Gasteiger charge is 2.20. The fourth-order valence-corrected chi connectivity index (χ4v) is 4.13. The van der Waals surface area contributed by atoms with Crippen molar-refractivity contribution in [1.82, 2.24) is 18.7 Å². The van der Waals surface area contributed by atoms with Gasteiger partial charge in [0.05, 0.1) is 17.7 Å². The number of rotatable bonds is 6. The minimum atomic E-state index is -0.483. The molecule has 2 aromatic heterocycles. The summed E-state index contributed by atoms with van der Waals surface area (Å²) in [6, 6.07) is 19.8. The van der Waals surface area contributed by atoms with Crippen molar-refractivity contribution in [2.45, 2.75) is 6.54 Å². The number of nitro groups is 1. The largest absolute Gasteiger partial charge is 0.332 e. The van der Waals surface area contributed by atoms with Crippen LogP contribution in [0.15, 0.2) is 81.4 Å². The van der Waals surface area contributed by atoms with Gasteiger partial charge in [-0.05, 0) is 34.0 Å². The second-order valence-electron chi connectivity index (χ2n) is 8.26. The number of nitro benzene ring substituents is 1. The van der Waals surface area contributed by atoms with Crippen molar-refractivity contribution in [3.8, 4) is 0 Å². The van der Waals surface area contributed by atoms with E-state index in [0.29, 0.717) is 12.1 Å². The number of nitrogens with zero attached hydrogens (tertiary/aromatic N) is 6. The number of benzene rings is 3. The van der Waals surface area contributed by atoms with Crippen molar-refractivity contribution in [2.75, 3.05) is 5.43 Å². The predicted molar refractivity (Wildman–Crippen MR) is 138 cm³/mol. The van der Waals surface area contributed by atoms with Crippen LogP contribution in [0.2, 0.25) is 0 Å². The average Bonchev–Trinajstić information content (AvgIpc) is 3.25. The van der Waals surface area contributed by atoms with Crippen LogP contribution in [0.3, 0.4) is 0 Å². The average molecular weight is 483 g/mol. The molecule has 5 rings (SSSR count). The fourth-order valence-electron chi connectivity index (χ4n) is 4.13. The first-order valence-corrected chi connectivity index (χ1v) is 11.0. The van der Waals surface area contributed by atoms with Crippen molar-refractivity contribution < 1.29 is 4.92 Å². The van der Waals surface area contributed by atoms with Crippen molar-refractivity contribution in [3.63, 3.8) is 0 Å². The Morgan fingerprint density at radius 1 is 1.00 bits per heavy atom. The van der Waals surface area contributed by atoms with E-state index >= 15 is 0 Å². The lowest BCUT2D eigenvalue weighted by molar-refractivity contribution is -0.384. The summed E-state index contributed by atoms with van der Waals surface area (Å²) >= 11 is 0. The molecule has 1 N–H and O–H groups in total. The van der Waals surface area contributed by atoms with E-state index in [1.165, 1.54) is 30.0 Å². The van der Waals surface area contributed by atoms with Gasteiger partial charge in [-0.1, -0.05) is 42.5 Å². The minimum Gasteiger partial charge on any atom is -0.298 e. The number of nitrogens with one attached hydrogen (secondary N) is 1. The third kappa shape index (κ3) is 3.92. The van der Waals surface area contributed by atoms with E-state index in [1.807, 2.05) is 42.5 Å². The van der Waals surface area contributed by atoms with Crippen LogP contribution in [-0.4, -0.2) is 29.8 Å². The third-order valence-corrected chi connectivity index (χ3v) is 6.04. The Balaban J connectivity index is 1.61. The number of non-ortho nitro benzene ring substituents is 1. The monoisotopic (exact) mass is 483 g/mol. The number of anilines is 1. The molecular formula is C25H21N7O4. The Labute approximate surface area is 203 Å². The van der Waals surface area contributed by atoms with Gasteiger partial charge < -0.3 is 0 Å². The smallest absolute Gasteiger partial charge is 0.298 e. The highest BCUT2D eigenvalue weighted by atomic mass is 16.6. The standard InChI is InChI=1S/C25H21N7O4/c1-29-22-21(23(33)30(2)25(29)34)31(15-18-8-5-7-17-6-3-4-9-20(17)18)24(27-22)28-26-14-16-10-12-19(13-11-16)32(35)36/h3-14H,15H2,1-2H3,(H,27,28). The molecule has 0 aliphatic carbocycles. The van der Waals surface area contributed by atoms with Crippen LogP contribution in [0.5, 0.6) is 0 Å². The molecule has 2 heterocycles. The van der Waals surface area contributed by atoms with Gasteiger partial charge in [-0.25, -0.2) is 10.2 Å². The maximum atomic E-state index is 13.1. The van der Waals surface area contributed by atoms with E-state index < -0.39 is 16.2 Å². The summed E-state index contributed by atoms with van der Waals surface area (Å²) in [4.78, 5) is 40.6. The van der Waals surface area contributed by atoms with Gasteiger partial charge in [-0.3, -0.25) is 28.6 Å². The zero-order chi connectivity index (χ0) is 25.4. The van der Waals surface area contributed by atoms with Crippen LogP contribution in [0.1, 0.15) is 11.1 Å². The lowest BCUT2D eigenvalue weighted by Gasteiger charge is -2.11. The number of hydrogen-bond donors (Lipinski definition) is 1. The first kappa shape index (κ1) is 22.7. The van der Waals surface area contributed by atoms with Crippen LogP contribution in [-0.2, 0) is 20.6 Å². The number of hydrogen-bond acceptors (Lipinski definition) is 7. The first-order valence-electron chi connectivity index (χ1n) is 11.0. The SMILES string of the molecule is Cn1c(=O)c2c(nc(NN=Cc3ccc([N+](=O)[O-])cc3)n2Cc2cccc3ccccc23)n(C)c1=O. The molecule has 11 nitrogen and oxygen atoms in total. The Morgan fingerprint density at radius 2 is 1.72 bits per heavy atom. The van der Waals surface area contributed by atoms with E-state index in [0.717, 1.165) is 20.9 Å². The van der Waals surface area contributed by atoms with Gasteiger partial charge in [-0.2, -0.15) is 10.1 Å². The van der Waals surface area contributed by atoms with E-state index in [2.05, 4.69) is 15.5 Å². The Kier molecular flexibility index (Phi) is 5.65. The molecule has 0 radical (unpaired) electrons. The molecule has 0 aliphatic heterocycles. The molecule has 5 aromatic rings. The molecule has 0 saturated carbocycles. The second kappa shape index (κ2) is 8.95. The van der Waals surface area contributed by atoms with E-state index in [1.54, 1.807) is 23.7 Å². The summed E-state index contributed by atoms with van der Waals surface area (Å²) in [5, 5.41) is 17.2. The third-order valence-electron chi connectivity index (χ3n) is 6.04. The Hall–Kier alpha value is -5.06. The van der Waals surface area contributed by atoms with Gasteiger partial charge >= 0.3 is 5.69 Å². The molecule has 0 unspecified atom stereocenters. The lowest BCUT2D eigenvalue weighted by Crippen LogP contribution is -2.37. The van der Waals surface area contributed by atoms with Crippen LogP contribution in [0, 0.1) is 10.1 Å². The van der Waals surface area contributed by atoms with Gasteiger partial charge in [0.2, 0.25) is 5.95 Å². The van der Waals surface area contributed by atoms with Gasteiger partial charge in [0.15, 0.2) is 11.2 Å². The maximum absolute atomic E-state index is 13.1. The number of aromatic nitrogens is 4. The molecule has 180 valence electrons. The van der Waals surface area contributed by atoms with Gasteiger partial charge in [0.1, 0.15) is 0 Å². The second-order valence-corrected chi connectivity index (χ2v) is 8.26. The van der Waals surface area contributed by atoms with Crippen molar-refractivity contribution in [3.05, 3.63) is 109 Å². The minimum absolute atomic E-state index is 0.0197. The molecule has 0 bridgehead atoms.